The smallest absolute Gasteiger partial charge is 0.223 e. The molecule has 42 heavy (non-hydrogen) atoms. The fraction of sp³-hybridized carbons (Fsp3) is 0.788. The molecule has 0 bridgehead atoms. The predicted molar refractivity (Wildman–Crippen MR) is 166 cm³/mol. The first-order chi connectivity index (χ1) is 20.1. The van der Waals surface area contributed by atoms with Crippen molar-refractivity contribution in [2.45, 2.75) is 84.5 Å². The lowest BCUT2D eigenvalue weighted by molar-refractivity contribution is -0.128. The summed E-state index contributed by atoms with van der Waals surface area (Å²) in [4.78, 5) is 13.2. The van der Waals surface area contributed by atoms with Gasteiger partial charge in [0.15, 0.2) is 11.5 Å². The standard InChI is InChI=1S/C33H58N2O7/c1-22(2)26(15-24-9-10-31(40-7)32(17-24)42-13-8-12-38-5)18-29(34)30(36)19-28(23(3)4)33(37)35-20-25-16-27(39-6)11-14-41-21-25/h9-10,17,22-23,25-30,36H,8,11-16,18-21,34H2,1-7H3,(H,35,37)/t25-,26-,27-,28-,29-,30-/m0/s1. The zero-order valence-electron chi connectivity index (χ0n) is 27.1. The predicted octanol–water partition coefficient (Wildman–Crippen LogP) is 4.22. The van der Waals surface area contributed by atoms with E-state index in [0.717, 1.165) is 37.0 Å². The lowest BCUT2D eigenvalue weighted by Gasteiger charge is -2.30. The van der Waals surface area contributed by atoms with E-state index in [1.54, 1.807) is 21.3 Å². The highest BCUT2D eigenvalue weighted by atomic mass is 16.5. The van der Waals surface area contributed by atoms with Crippen molar-refractivity contribution in [3.05, 3.63) is 23.8 Å². The van der Waals surface area contributed by atoms with Gasteiger partial charge in [-0.1, -0.05) is 33.8 Å². The van der Waals surface area contributed by atoms with Crippen molar-refractivity contribution in [2.75, 3.05) is 54.3 Å². The molecule has 1 aliphatic rings. The van der Waals surface area contributed by atoms with Gasteiger partial charge < -0.3 is 39.8 Å². The Morgan fingerprint density at radius 1 is 1.10 bits per heavy atom. The maximum absolute atomic E-state index is 13.2. The van der Waals surface area contributed by atoms with E-state index in [0.29, 0.717) is 57.5 Å². The number of benzene rings is 1. The molecule has 1 aromatic rings. The van der Waals surface area contributed by atoms with Crippen LogP contribution in [-0.4, -0.2) is 83.6 Å². The quantitative estimate of drug-likeness (QED) is 0.204. The Labute approximate surface area is 254 Å². The molecular formula is C33H58N2O7. The van der Waals surface area contributed by atoms with Gasteiger partial charge in [-0.3, -0.25) is 4.79 Å². The number of carbonyl (C=O) groups excluding carboxylic acids is 1. The van der Waals surface area contributed by atoms with Crippen LogP contribution < -0.4 is 20.5 Å². The first-order valence-corrected chi connectivity index (χ1v) is 15.7. The number of hydrogen-bond acceptors (Lipinski definition) is 8. The van der Waals surface area contributed by atoms with Crippen LogP contribution in [0.4, 0.5) is 0 Å². The molecule has 0 saturated carbocycles. The lowest BCUT2D eigenvalue weighted by Crippen LogP contribution is -2.43. The normalized spacial score (nSPS) is 20.5. The molecule has 1 aromatic carbocycles. The van der Waals surface area contributed by atoms with Crippen LogP contribution in [0.1, 0.15) is 65.4 Å². The third-order valence-corrected chi connectivity index (χ3v) is 8.56. The van der Waals surface area contributed by atoms with Crippen molar-refractivity contribution in [2.24, 2.45) is 35.3 Å². The highest BCUT2D eigenvalue weighted by Gasteiger charge is 2.30. The minimum atomic E-state index is -0.779. The molecule has 1 saturated heterocycles. The zero-order valence-corrected chi connectivity index (χ0v) is 27.1. The first-order valence-electron chi connectivity index (χ1n) is 15.7. The van der Waals surface area contributed by atoms with Crippen molar-refractivity contribution < 1.29 is 33.6 Å². The number of carbonyl (C=O) groups is 1. The van der Waals surface area contributed by atoms with Crippen molar-refractivity contribution >= 4 is 5.91 Å². The Morgan fingerprint density at radius 3 is 2.50 bits per heavy atom. The van der Waals surface area contributed by atoms with E-state index in [-0.39, 0.29) is 35.7 Å². The molecule has 6 atom stereocenters. The molecule has 1 aliphatic heterocycles. The summed E-state index contributed by atoms with van der Waals surface area (Å²) in [5.74, 6) is 1.95. The van der Waals surface area contributed by atoms with Gasteiger partial charge in [-0.25, -0.2) is 0 Å². The first kappa shape index (κ1) is 36.3. The Bertz CT molecular complexity index is 897. The summed E-state index contributed by atoms with van der Waals surface area (Å²) in [6.07, 6.45) is 3.70. The summed E-state index contributed by atoms with van der Waals surface area (Å²) >= 11 is 0. The average Bonchev–Trinajstić information content (AvgIpc) is 3.21. The molecule has 1 amide bonds. The van der Waals surface area contributed by atoms with Crippen molar-refractivity contribution in [3.63, 3.8) is 0 Å². The molecule has 2 rings (SSSR count). The SMILES string of the molecule is COCCCOc1cc(C[C@@H](C[C@H](N)[C@@H](O)C[C@H](C(=O)NC[C@H]2COCC[C@H](OC)C2)C(C)C)C(C)C)ccc1OC. The molecule has 9 nitrogen and oxygen atoms in total. The second-order valence-electron chi connectivity index (χ2n) is 12.5. The third-order valence-electron chi connectivity index (χ3n) is 8.56. The molecule has 4 N–H and O–H groups in total. The van der Waals surface area contributed by atoms with Gasteiger partial charge in [-0.2, -0.15) is 0 Å². The summed E-state index contributed by atoms with van der Waals surface area (Å²) in [6.45, 7) is 11.4. The topological polar surface area (TPSA) is 122 Å². The minimum Gasteiger partial charge on any atom is -0.493 e. The summed E-state index contributed by atoms with van der Waals surface area (Å²) in [5, 5.41) is 14.3. The molecule has 242 valence electrons. The van der Waals surface area contributed by atoms with Crippen LogP contribution in [0.25, 0.3) is 0 Å². The fourth-order valence-electron chi connectivity index (χ4n) is 5.62. The van der Waals surface area contributed by atoms with E-state index in [1.807, 2.05) is 26.0 Å². The number of hydrogen-bond donors (Lipinski definition) is 3. The second kappa shape index (κ2) is 19.4. The number of ether oxygens (including phenoxy) is 5. The monoisotopic (exact) mass is 594 g/mol. The summed E-state index contributed by atoms with van der Waals surface area (Å²) in [5.41, 5.74) is 7.73. The summed E-state index contributed by atoms with van der Waals surface area (Å²) < 4.78 is 27.8. The van der Waals surface area contributed by atoms with Crippen LogP contribution in [-0.2, 0) is 25.4 Å². The maximum Gasteiger partial charge on any atom is 0.223 e. The molecule has 0 radical (unpaired) electrons. The highest BCUT2D eigenvalue weighted by Crippen LogP contribution is 2.32. The Morgan fingerprint density at radius 2 is 1.86 bits per heavy atom. The molecule has 0 spiro atoms. The molecule has 0 unspecified atom stereocenters. The number of amides is 1. The highest BCUT2D eigenvalue weighted by molar-refractivity contribution is 5.78. The molecule has 9 heteroatoms. The second-order valence-corrected chi connectivity index (χ2v) is 12.5. The summed E-state index contributed by atoms with van der Waals surface area (Å²) in [7, 11) is 5.05. The molecule has 0 aliphatic carbocycles. The number of aliphatic hydroxyl groups excluding tert-OH is 1. The van der Waals surface area contributed by atoms with E-state index < -0.39 is 12.1 Å². The molecule has 0 aromatic heterocycles. The van der Waals surface area contributed by atoms with Crippen LogP contribution in [0.5, 0.6) is 11.5 Å². The number of aliphatic hydroxyl groups is 1. The largest absolute Gasteiger partial charge is 0.493 e. The number of rotatable bonds is 19. The van der Waals surface area contributed by atoms with Gasteiger partial charge in [0.1, 0.15) is 0 Å². The number of methoxy groups -OCH3 is 3. The van der Waals surface area contributed by atoms with Gasteiger partial charge >= 0.3 is 0 Å². The lowest BCUT2D eigenvalue weighted by atomic mass is 9.80. The fourth-order valence-corrected chi connectivity index (χ4v) is 5.62. The van der Waals surface area contributed by atoms with Crippen molar-refractivity contribution in [1.82, 2.24) is 5.32 Å². The van der Waals surface area contributed by atoms with Crippen molar-refractivity contribution in [3.8, 4) is 11.5 Å². The third kappa shape index (κ3) is 12.4. The maximum atomic E-state index is 13.2. The van der Waals surface area contributed by atoms with Crippen LogP contribution in [0, 0.1) is 29.6 Å². The van der Waals surface area contributed by atoms with Crippen LogP contribution in [0.2, 0.25) is 0 Å². The minimum absolute atomic E-state index is 0.0360. The van der Waals surface area contributed by atoms with Gasteiger partial charge in [0.25, 0.3) is 0 Å². The molecule has 1 fully saturated rings. The van der Waals surface area contributed by atoms with Gasteiger partial charge in [0, 0.05) is 58.3 Å². The van der Waals surface area contributed by atoms with Gasteiger partial charge in [-0.05, 0) is 67.6 Å². The number of nitrogens with two attached hydrogens (primary N) is 1. The van der Waals surface area contributed by atoms with Crippen molar-refractivity contribution in [1.29, 1.82) is 0 Å². The van der Waals surface area contributed by atoms with E-state index in [9.17, 15) is 9.90 Å². The van der Waals surface area contributed by atoms with E-state index >= 15 is 0 Å². The molecule has 1 heterocycles. The van der Waals surface area contributed by atoms with Crippen LogP contribution in [0.3, 0.4) is 0 Å². The van der Waals surface area contributed by atoms with E-state index in [1.165, 1.54) is 0 Å². The molecular weight excluding hydrogens is 536 g/mol. The van der Waals surface area contributed by atoms with Gasteiger partial charge in [0.2, 0.25) is 5.91 Å². The van der Waals surface area contributed by atoms with Gasteiger partial charge in [-0.15, -0.1) is 0 Å². The Balaban J connectivity index is 1.97. The van der Waals surface area contributed by atoms with Crippen LogP contribution in [0.15, 0.2) is 18.2 Å². The zero-order chi connectivity index (χ0) is 31.1. The number of nitrogens with one attached hydrogen (secondary N) is 1. The summed E-state index contributed by atoms with van der Waals surface area (Å²) in [6, 6.07) is 5.60. The van der Waals surface area contributed by atoms with Gasteiger partial charge in [0.05, 0.1) is 32.5 Å². The average molecular weight is 595 g/mol. The van der Waals surface area contributed by atoms with E-state index in [4.69, 9.17) is 29.4 Å². The van der Waals surface area contributed by atoms with E-state index in [2.05, 4.69) is 25.2 Å². The van der Waals surface area contributed by atoms with Crippen LogP contribution >= 0.6 is 0 Å². The Kier molecular flexibility index (Phi) is 16.7. The Hall–Kier alpha value is -1.91.